The number of carbonyl (C=O) groups is 2. The Morgan fingerprint density at radius 3 is 1.61 bits per heavy atom. The summed E-state index contributed by atoms with van der Waals surface area (Å²) in [5.74, 6) is -1.16. The fourth-order valence-corrected chi connectivity index (χ4v) is 11.0. The maximum atomic E-state index is 13.4. The topological polar surface area (TPSA) is 275 Å². The van der Waals surface area contributed by atoms with Crippen molar-refractivity contribution in [3.8, 4) is 0 Å². The van der Waals surface area contributed by atoms with Gasteiger partial charge in [-0.25, -0.2) is 0 Å². The maximum absolute atomic E-state index is 13.4. The van der Waals surface area contributed by atoms with Crippen molar-refractivity contribution in [3.05, 3.63) is 0 Å². The smallest absolute Gasteiger partial charge is 0.220 e. The van der Waals surface area contributed by atoms with Crippen LogP contribution in [-0.2, 0) is 38.0 Å². The third-order valence-corrected chi connectivity index (χ3v) is 16.0. The Hall–Kier alpha value is -1.62. The number of nitrogens with one attached hydrogen (secondary N) is 2. The van der Waals surface area contributed by atoms with E-state index in [2.05, 4.69) is 24.5 Å². The molecule has 3 fully saturated rings. The first kappa shape index (κ1) is 69.6. The quantitative estimate of drug-likeness (QED) is 0.0269. The fraction of sp³-hybridized carbons (Fsp3) is 0.966. The molecule has 10 N–H and O–H groups in total. The van der Waals surface area contributed by atoms with E-state index in [1.807, 2.05) is 0 Å². The Bertz CT molecular complexity index is 1470. The molecule has 2 amide bonds. The molecule has 18 heteroatoms. The van der Waals surface area contributed by atoms with Crippen molar-refractivity contribution in [1.82, 2.24) is 10.6 Å². The first-order valence-corrected chi connectivity index (χ1v) is 31.0. The number of unbranched alkanes of at least 4 members (excludes halogenated alkanes) is 27. The van der Waals surface area contributed by atoms with Crippen LogP contribution in [-0.4, -0.2) is 171 Å². The Morgan fingerprint density at radius 1 is 0.610 bits per heavy atom. The molecule has 0 aromatic heterocycles. The Labute approximate surface area is 463 Å². The van der Waals surface area contributed by atoms with E-state index in [9.17, 15) is 50.4 Å². The van der Waals surface area contributed by atoms with Gasteiger partial charge >= 0.3 is 0 Å². The normalized spacial score (nSPS) is 29.0. The van der Waals surface area contributed by atoms with E-state index < -0.39 is 111 Å². The molecule has 16 atom stereocenters. The molecule has 454 valence electrons. The molecule has 6 unspecified atom stereocenters. The number of aliphatic hydroxyl groups is 8. The van der Waals surface area contributed by atoms with Gasteiger partial charge in [0, 0.05) is 32.1 Å². The number of ether oxygens (including phenoxy) is 6. The van der Waals surface area contributed by atoms with Gasteiger partial charge in [-0.15, -0.1) is 0 Å². The summed E-state index contributed by atoms with van der Waals surface area (Å²) < 4.78 is 36.3. The monoisotopic (exact) mass is 1100 g/mol. The highest BCUT2D eigenvalue weighted by Crippen LogP contribution is 2.33. The fourth-order valence-electron chi connectivity index (χ4n) is 11.0. The highest BCUT2D eigenvalue weighted by atomic mass is 16.7. The van der Waals surface area contributed by atoms with Gasteiger partial charge in [-0.3, -0.25) is 9.59 Å². The van der Waals surface area contributed by atoms with Gasteiger partial charge < -0.3 is 79.9 Å². The minimum atomic E-state index is -1.60. The van der Waals surface area contributed by atoms with Gasteiger partial charge in [0.25, 0.3) is 0 Å². The number of hydrogen-bond acceptors (Lipinski definition) is 16. The van der Waals surface area contributed by atoms with E-state index in [1.54, 1.807) is 6.92 Å². The predicted octanol–water partition coefficient (Wildman–Crippen LogP) is 7.27. The van der Waals surface area contributed by atoms with Crippen LogP contribution in [0, 0.1) is 5.92 Å². The standard InChI is InChI=1S/C59H112N2O16/c1-5-7-9-11-13-15-16-17-18-19-20-21-22-23-24-25-26-27-29-31-33-35-50(68)61-44(34-32-30-28-14-12-10-8-6-2)40-73-58-52(60-43(4)64)55(71)57(49(39-63)75-58)77-59-54(70)47(66)36-45(74-59)41-72-51-37-46(65)42(3)56(76-51)53(69)48(67)38-62/h42,44-49,51-59,62-63,65-67,69-71H,5-41H2,1-4H3,(H,60,64)(H,61,68)/t42-,44?,45?,46-,47+,48-,49?,51+,52?,53-,54?,55-,56?,57-,58-,59+/m1/s1. The molecule has 3 aliphatic rings. The summed E-state index contributed by atoms with van der Waals surface area (Å²) in [4.78, 5) is 25.9. The number of aliphatic hydroxyl groups excluding tert-OH is 8. The van der Waals surface area contributed by atoms with Crippen LogP contribution in [0.25, 0.3) is 0 Å². The number of hydrogen-bond donors (Lipinski definition) is 10. The average Bonchev–Trinajstić information content (AvgIpc) is 3.41. The van der Waals surface area contributed by atoms with E-state index in [4.69, 9.17) is 28.4 Å². The van der Waals surface area contributed by atoms with Crippen molar-refractivity contribution >= 4 is 11.8 Å². The summed E-state index contributed by atoms with van der Waals surface area (Å²) in [5.41, 5.74) is 0. The summed E-state index contributed by atoms with van der Waals surface area (Å²) in [6.07, 6.45) is 20.1. The highest BCUT2D eigenvalue weighted by Gasteiger charge is 2.50. The van der Waals surface area contributed by atoms with Crippen LogP contribution in [0.1, 0.15) is 240 Å². The van der Waals surface area contributed by atoms with Gasteiger partial charge in [0.2, 0.25) is 11.8 Å². The van der Waals surface area contributed by atoms with E-state index in [0.29, 0.717) is 12.8 Å². The number of carbonyl (C=O) groups excluding carboxylic acids is 2. The summed E-state index contributed by atoms with van der Waals surface area (Å²) >= 11 is 0. The molecule has 18 nitrogen and oxygen atoms in total. The molecule has 0 aromatic rings. The van der Waals surface area contributed by atoms with Crippen LogP contribution >= 0.6 is 0 Å². The van der Waals surface area contributed by atoms with Crippen LogP contribution in [0.3, 0.4) is 0 Å². The molecule has 77 heavy (non-hydrogen) atoms. The molecule has 0 aliphatic carbocycles. The largest absolute Gasteiger partial charge is 0.394 e. The van der Waals surface area contributed by atoms with Crippen molar-refractivity contribution in [2.45, 2.75) is 332 Å². The molecule has 3 rings (SSSR count). The van der Waals surface area contributed by atoms with Crippen LogP contribution in [0.2, 0.25) is 0 Å². The Kier molecular flexibility index (Phi) is 38.2. The van der Waals surface area contributed by atoms with Crippen molar-refractivity contribution in [1.29, 1.82) is 0 Å². The van der Waals surface area contributed by atoms with E-state index in [0.717, 1.165) is 44.9 Å². The van der Waals surface area contributed by atoms with E-state index >= 15 is 0 Å². The molecule has 3 aliphatic heterocycles. The molecule has 0 aromatic carbocycles. The zero-order valence-corrected chi connectivity index (χ0v) is 48.2. The SMILES string of the molecule is CCCCCCCCCCCCCCCCCCCCCCCC(=O)NC(CCCCCCCCCC)CO[C@@H]1OC(CO)[C@@H](O[C@@H]2OC(CO[C@@H]3C[C@@H](O)[C@@H](C)C([C@H](O)[C@H](O)CO)O3)C[C@H](O)C2O)[C@H](O)C1NC(C)=O. The summed E-state index contributed by atoms with van der Waals surface area (Å²) in [6.45, 7) is 5.79. The van der Waals surface area contributed by atoms with Crippen molar-refractivity contribution < 1.29 is 78.9 Å². The average molecular weight is 1110 g/mol. The minimum Gasteiger partial charge on any atom is -0.394 e. The van der Waals surface area contributed by atoms with Gasteiger partial charge in [0.1, 0.15) is 42.7 Å². The second kappa shape index (κ2) is 42.2. The molecule has 3 saturated heterocycles. The lowest BCUT2D eigenvalue weighted by Crippen LogP contribution is -2.67. The molecule has 0 spiro atoms. The van der Waals surface area contributed by atoms with Gasteiger partial charge in [-0.2, -0.15) is 0 Å². The number of amides is 2. The molecule has 0 bridgehead atoms. The summed E-state index contributed by atoms with van der Waals surface area (Å²) in [5, 5.41) is 90.7. The predicted molar refractivity (Wildman–Crippen MR) is 295 cm³/mol. The lowest BCUT2D eigenvalue weighted by Gasteiger charge is -2.47. The first-order valence-electron chi connectivity index (χ1n) is 31.0. The van der Waals surface area contributed by atoms with Gasteiger partial charge in [0.05, 0.1) is 56.9 Å². The van der Waals surface area contributed by atoms with E-state index in [-0.39, 0.29) is 38.0 Å². The third-order valence-electron chi connectivity index (χ3n) is 16.0. The summed E-state index contributed by atoms with van der Waals surface area (Å²) in [7, 11) is 0. The number of rotatable bonds is 45. The molecule has 3 heterocycles. The third kappa shape index (κ3) is 28.3. The first-order chi connectivity index (χ1) is 37.2. The summed E-state index contributed by atoms with van der Waals surface area (Å²) in [6, 6.07) is -1.59. The van der Waals surface area contributed by atoms with Crippen LogP contribution in [0.15, 0.2) is 0 Å². The Morgan fingerprint density at radius 2 is 1.12 bits per heavy atom. The van der Waals surface area contributed by atoms with Gasteiger partial charge in [0.15, 0.2) is 18.9 Å². The lowest BCUT2D eigenvalue weighted by atomic mass is 9.87. The molecule has 0 saturated carbocycles. The molecular weight excluding hydrogens is 993 g/mol. The van der Waals surface area contributed by atoms with Crippen LogP contribution in [0.4, 0.5) is 0 Å². The van der Waals surface area contributed by atoms with Crippen molar-refractivity contribution in [2.24, 2.45) is 5.92 Å². The zero-order valence-electron chi connectivity index (χ0n) is 48.2. The van der Waals surface area contributed by atoms with Gasteiger partial charge in [-0.1, -0.05) is 201 Å². The van der Waals surface area contributed by atoms with E-state index in [1.165, 1.54) is 148 Å². The maximum Gasteiger partial charge on any atom is 0.220 e. The minimum absolute atomic E-state index is 0.0133. The highest BCUT2D eigenvalue weighted by molar-refractivity contribution is 5.76. The van der Waals surface area contributed by atoms with Crippen molar-refractivity contribution in [2.75, 3.05) is 26.4 Å². The van der Waals surface area contributed by atoms with Gasteiger partial charge in [-0.05, 0) is 12.8 Å². The molecular formula is C59H112N2O16. The Balaban J connectivity index is 1.48. The van der Waals surface area contributed by atoms with Crippen LogP contribution in [0.5, 0.6) is 0 Å². The lowest BCUT2D eigenvalue weighted by molar-refractivity contribution is -0.341. The van der Waals surface area contributed by atoms with Crippen LogP contribution < -0.4 is 10.6 Å². The molecule has 0 radical (unpaired) electrons. The second-order valence-electron chi connectivity index (χ2n) is 22.9. The van der Waals surface area contributed by atoms with Crippen molar-refractivity contribution in [3.63, 3.8) is 0 Å². The second-order valence-corrected chi connectivity index (χ2v) is 22.9. The zero-order chi connectivity index (χ0) is 56.2.